The van der Waals surface area contributed by atoms with Crippen molar-refractivity contribution in [2.75, 3.05) is 5.32 Å². The highest BCUT2D eigenvalue weighted by Crippen LogP contribution is 2.42. The van der Waals surface area contributed by atoms with Crippen molar-refractivity contribution in [3.8, 4) is 0 Å². The van der Waals surface area contributed by atoms with Crippen molar-refractivity contribution >= 4 is 11.7 Å². The molecule has 0 radical (unpaired) electrons. The lowest BCUT2D eigenvalue weighted by Crippen LogP contribution is -2.26. The van der Waals surface area contributed by atoms with Crippen LogP contribution in [0.25, 0.3) is 0 Å². The number of carbonyl (C=O) groups is 1. The molecule has 1 aliphatic rings. The van der Waals surface area contributed by atoms with Crippen molar-refractivity contribution in [2.45, 2.75) is 51.9 Å². The van der Waals surface area contributed by atoms with Crippen molar-refractivity contribution in [2.24, 2.45) is 5.92 Å². The molecule has 31 heavy (non-hydrogen) atoms. The number of anilines is 1. The summed E-state index contributed by atoms with van der Waals surface area (Å²) in [6.07, 6.45) is -1.02. The maximum absolute atomic E-state index is 13.1. The van der Waals surface area contributed by atoms with Crippen LogP contribution in [-0.4, -0.2) is 25.5 Å². The molecule has 164 valence electrons. The van der Waals surface area contributed by atoms with Crippen LogP contribution >= 0.6 is 0 Å². The molecule has 1 aliphatic carbocycles. The fourth-order valence-electron chi connectivity index (χ4n) is 3.49. The van der Waals surface area contributed by atoms with Gasteiger partial charge in [-0.25, -0.2) is 0 Å². The molecule has 1 amide bonds. The molecule has 4 rings (SSSR count). The lowest BCUT2D eigenvalue weighted by molar-refractivity contribution is -0.141. The van der Waals surface area contributed by atoms with Crippen LogP contribution in [0, 0.1) is 12.8 Å². The first kappa shape index (κ1) is 21.1. The minimum Gasteiger partial charge on any atom is -0.309 e. The molecule has 1 atom stereocenters. The number of hydrogen-bond acceptors (Lipinski definition) is 3. The van der Waals surface area contributed by atoms with Gasteiger partial charge in [0.2, 0.25) is 5.91 Å². The van der Waals surface area contributed by atoms with Crippen molar-refractivity contribution in [1.82, 2.24) is 19.6 Å². The Bertz CT molecular complexity index is 1080. The summed E-state index contributed by atoms with van der Waals surface area (Å²) in [5.41, 5.74) is 1.93. The van der Waals surface area contributed by atoms with E-state index in [2.05, 4.69) is 15.5 Å². The molecule has 2 aromatic heterocycles. The molecule has 6 nitrogen and oxygen atoms in total. The number of halogens is 3. The van der Waals surface area contributed by atoms with E-state index in [0.717, 1.165) is 30.0 Å². The summed E-state index contributed by atoms with van der Waals surface area (Å²) in [7, 11) is 0. The van der Waals surface area contributed by atoms with Gasteiger partial charge in [-0.1, -0.05) is 31.2 Å². The van der Waals surface area contributed by atoms with Gasteiger partial charge >= 0.3 is 6.18 Å². The third-order valence-electron chi connectivity index (χ3n) is 5.48. The van der Waals surface area contributed by atoms with Crippen LogP contribution in [0.2, 0.25) is 0 Å². The minimum absolute atomic E-state index is 0.0810. The minimum atomic E-state index is -4.50. The van der Waals surface area contributed by atoms with Crippen molar-refractivity contribution in [3.63, 3.8) is 0 Å². The zero-order valence-electron chi connectivity index (χ0n) is 17.4. The van der Waals surface area contributed by atoms with E-state index in [4.69, 9.17) is 0 Å². The van der Waals surface area contributed by atoms with Crippen molar-refractivity contribution < 1.29 is 18.0 Å². The first-order valence-electron chi connectivity index (χ1n) is 10.2. The summed E-state index contributed by atoms with van der Waals surface area (Å²) in [5.74, 6) is -0.382. The van der Waals surface area contributed by atoms with Gasteiger partial charge in [0.15, 0.2) is 11.5 Å². The van der Waals surface area contributed by atoms with Gasteiger partial charge in [-0.05, 0) is 37.0 Å². The number of nitrogens with one attached hydrogen (secondary N) is 1. The molecule has 0 aliphatic heterocycles. The lowest BCUT2D eigenvalue weighted by atomic mass is 10.1. The molecule has 1 saturated carbocycles. The number of aryl methyl sites for hydroxylation is 1. The molecule has 1 N–H and O–H groups in total. The lowest BCUT2D eigenvalue weighted by Gasteiger charge is -2.13. The van der Waals surface area contributed by atoms with E-state index < -0.39 is 17.8 Å². The van der Waals surface area contributed by atoms with Crippen molar-refractivity contribution in [3.05, 3.63) is 65.1 Å². The highest BCUT2D eigenvalue weighted by atomic mass is 19.4. The van der Waals surface area contributed by atoms with E-state index >= 15 is 0 Å². The predicted octanol–water partition coefficient (Wildman–Crippen LogP) is 4.61. The average Bonchev–Trinajstić information content (AvgIpc) is 3.31. The monoisotopic (exact) mass is 431 g/mol. The number of hydrogen-bond donors (Lipinski definition) is 1. The Morgan fingerprint density at radius 2 is 1.97 bits per heavy atom. The van der Waals surface area contributed by atoms with E-state index in [0.29, 0.717) is 18.1 Å². The molecule has 0 spiro atoms. The summed E-state index contributed by atoms with van der Waals surface area (Å²) in [6, 6.07) is 10.8. The Hall–Kier alpha value is -3.10. The summed E-state index contributed by atoms with van der Waals surface area (Å²) in [5, 5.41) is 10.9. The Balaban J connectivity index is 1.40. The Kier molecular flexibility index (Phi) is 5.60. The highest BCUT2D eigenvalue weighted by molar-refractivity contribution is 5.91. The zero-order valence-corrected chi connectivity index (χ0v) is 17.4. The normalized spacial score (nSPS) is 15.1. The quantitative estimate of drug-likeness (QED) is 0.594. The van der Waals surface area contributed by atoms with Gasteiger partial charge in [0.05, 0.1) is 19.0 Å². The third kappa shape index (κ3) is 4.98. The molecule has 0 saturated heterocycles. The summed E-state index contributed by atoms with van der Waals surface area (Å²) in [6.45, 7) is 4.36. The zero-order chi connectivity index (χ0) is 22.2. The van der Waals surface area contributed by atoms with Crippen LogP contribution < -0.4 is 5.32 Å². The van der Waals surface area contributed by atoms with E-state index in [1.807, 2.05) is 31.2 Å². The number of amides is 1. The van der Waals surface area contributed by atoms with Gasteiger partial charge in [-0.15, -0.1) is 0 Å². The van der Waals surface area contributed by atoms with Crippen LogP contribution in [0.4, 0.5) is 19.0 Å². The maximum Gasteiger partial charge on any atom is 0.435 e. The average molecular weight is 431 g/mol. The Morgan fingerprint density at radius 3 is 2.65 bits per heavy atom. The molecule has 1 aromatic carbocycles. The standard InChI is InChI=1S/C22H24F3N5O/c1-14-5-3-4-6-17(14)13-29-10-9-20(28-29)26-21(31)15(2)12-30-18(16-7-8-16)11-19(27-30)22(23,24)25/h3-6,9-11,15-16H,7-8,12-13H2,1-2H3,(H,26,28,31). The number of rotatable bonds is 7. The molecule has 3 aromatic rings. The van der Waals surface area contributed by atoms with Crippen LogP contribution in [-0.2, 0) is 24.1 Å². The number of alkyl halides is 3. The van der Waals surface area contributed by atoms with E-state index in [-0.39, 0.29) is 18.4 Å². The first-order chi connectivity index (χ1) is 14.7. The maximum atomic E-state index is 13.1. The number of aromatic nitrogens is 4. The second-order valence-corrected chi connectivity index (χ2v) is 8.12. The summed E-state index contributed by atoms with van der Waals surface area (Å²) >= 11 is 0. The predicted molar refractivity (Wildman–Crippen MR) is 110 cm³/mol. The van der Waals surface area contributed by atoms with Gasteiger partial charge in [-0.2, -0.15) is 23.4 Å². The molecule has 1 fully saturated rings. The topological polar surface area (TPSA) is 64.7 Å². The number of benzene rings is 1. The third-order valence-corrected chi connectivity index (χ3v) is 5.48. The van der Waals surface area contributed by atoms with E-state index in [9.17, 15) is 18.0 Å². The van der Waals surface area contributed by atoms with E-state index in [1.54, 1.807) is 23.9 Å². The second kappa shape index (κ2) is 8.20. The van der Waals surface area contributed by atoms with Crippen LogP contribution in [0.15, 0.2) is 42.6 Å². The van der Waals surface area contributed by atoms with Gasteiger partial charge < -0.3 is 5.32 Å². The van der Waals surface area contributed by atoms with Gasteiger partial charge in [0.1, 0.15) is 0 Å². The molecular formula is C22H24F3N5O. The Labute approximate surface area is 178 Å². The van der Waals surface area contributed by atoms with E-state index in [1.165, 1.54) is 4.68 Å². The largest absolute Gasteiger partial charge is 0.435 e. The smallest absolute Gasteiger partial charge is 0.309 e. The van der Waals surface area contributed by atoms with Crippen LogP contribution in [0.1, 0.15) is 48.2 Å². The fraction of sp³-hybridized carbons (Fsp3) is 0.409. The second-order valence-electron chi connectivity index (χ2n) is 8.12. The SMILES string of the molecule is Cc1ccccc1Cn1ccc(NC(=O)C(C)Cn2nc(C(F)(F)F)cc2C2CC2)n1. The molecule has 0 bridgehead atoms. The Morgan fingerprint density at radius 1 is 1.23 bits per heavy atom. The summed E-state index contributed by atoms with van der Waals surface area (Å²) < 4.78 is 42.3. The molecular weight excluding hydrogens is 407 g/mol. The number of carbonyl (C=O) groups excluding carboxylic acids is 1. The number of nitrogens with zero attached hydrogens (tertiary/aromatic N) is 4. The molecule has 2 heterocycles. The highest BCUT2D eigenvalue weighted by Gasteiger charge is 2.38. The summed E-state index contributed by atoms with van der Waals surface area (Å²) in [4.78, 5) is 12.6. The van der Waals surface area contributed by atoms with Crippen LogP contribution in [0.5, 0.6) is 0 Å². The molecule has 1 unspecified atom stereocenters. The first-order valence-corrected chi connectivity index (χ1v) is 10.2. The van der Waals surface area contributed by atoms with Crippen molar-refractivity contribution in [1.29, 1.82) is 0 Å². The van der Waals surface area contributed by atoms with Gasteiger partial charge in [0.25, 0.3) is 0 Å². The molecule has 9 heteroatoms. The fourth-order valence-corrected chi connectivity index (χ4v) is 3.49. The van der Waals surface area contributed by atoms with Crippen LogP contribution in [0.3, 0.4) is 0 Å². The van der Waals surface area contributed by atoms with Gasteiger partial charge in [0, 0.05) is 23.9 Å². The van der Waals surface area contributed by atoms with Gasteiger partial charge in [-0.3, -0.25) is 14.2 Å².